The fourth-order valence-corrected chi connectivity index (χ4v) is 6.09. The SMILES string of the molecule is CC(=N[C@@H](C(=O)O)[C@@H](CC(=O)N1CCOC1=O)c1c(F)c(F)c(F)c(F)c1F)c1ccccc1NC(=O)[C@@H]1CCCN1Cc1ccccc1. The van der Waals surface area contributed by atoms with Crippen molar-refractivity contribution in [2.75, 3.05) is 25.0 Å². The summed E-state index contributed by atoms with van der Waals surface area (Å²) in [5.41, 5.74) is -0.248. The van der Waals surface area contributed by atoms with Crippen molar-refractivity contribution >= 4 is 35.3 Å². The van der Waals surface area contributed by atoms with E-state index in [4.69, 9.17) is 4.74 Å². The number of benzene rings is 3. The summed E-state index contributed by atoms with van der Waals surface area (Å²) in [7, 11) is 0. The number of amides is 3. The van der Waals surface area contributed by atoms with E-state index in [1.807, 2.05) is 35.2 Å². The van der Waals surface area contributed by atoms with Crippen LogP contribution < -0.4 is 5.32 Å². The Bertz CT molecular complexity index is 1780. The van der Waals surface area contributed by atoms with Gasteiger partial charge in [-0.1, -0.05) is 48.5 Å². The van der Waals surface area contributed by atoms with Crippen molar-refractivity contribution in [2.24, 2.45) is 4.99 Å². The van der Waals surface area contributed by atoms with Gasteiger partial charge in [0.15, 0.2) is 29.3 Å². The number of aliphatic imine (C=N–C) groups is 1. The molecule has 49 heavy (non-hydrogen) atoms. The minimum atomic E-state index is -2.48. The molecule has 10 nitrogen and oxygen atoms in total. The predicted octanol–water partition coefficient (Wildman–Crippen LogP) is 5.40. The Morgan fingerprint density at radius 2 is 1.57 bits per heavy atom. The number of ether oxygens (including phenoxy) is 1. The van der Waals surface area contributed by atoms with E-state index < -0.39 is 77.0 Å². The number of likely N-dealkylation sites (tertiary alicyclic amines) is 1. The van der Waals surface area contributed by atoms with Gasteiger partial charge in [-0.2, -0.15) is 0 Å². The number of cyclic esters (lactones) is 1. The van der Waals surface area contributed by atoms with Gasteiger partial charge in [0.1, 0.15) is 6.61 Å². The molecule has 3 aromatic carbocycles. The van der Waals surface area contributed by atoms with Crippen molar-refractivity contribution in [3.63, 3.8) is 0 Å². The maximum absolute atomic E-state index is 15.1. The third kappa shape index (κ3) is 7.46. The van der Waals surface area contributed by atoms with Crippen molar-refractivity contribution in [3.8, 4) is 0 Å². The first-order valence-electron chi connectivity index (χ1n) is 15.3. The highest BCUT2D eigenvalue weighted by molar-refractivity contribution is 6.08. The molecule has 15 heteroatoms. The van der Waals surface area contributed by atoms with E-state index in [0.29, 0.717) is 24.4 Å². The maximum Gasteiger partial charge on any atom is 0.416 e. The first-order chi connectivity index (χ1) is 23.4. The lowest BCUT2D eigenvalue weighted by molar-refractivity contribution is -0.139. The molecule has 2 saturated heterocycles. The number of hydrogen-bond donors (Lipinski definition) is 2. The number of halogens is 5. The molecule has 3 aromatic rings. The van der Waals surface area contributed by atoms with E-state index in [-0.39, 0.29) is 36.0 Å². The van der Waals surface area contributed by atoms with Crippen molar-refractivity contribution < 1.29 is 51.0 Å². The summed E-state index contributed by atoms with van der Waals surface area (Å²) in [6.45, 7) is 2.05. The molecule has 2 heterocycles. The van der Waals surface area contributed by atoms with Crippen LogP contribution in [0.5, 0.6) is 0 Å². The van der Waals surface area contributed by atoms with E-state index in [2.05, 4.69) is 10.3 Å². The zero-order valence-corrected chi connectivity index (χ0v) is 26.1. The summed E-state index contributed by atoms with van der Waals surface area (Å²) in [6, 6.07) is 13.0. The second kappa shape index (κ2) is 14.9. The lowest BCUT2D eigenvalue weighted by atomic mass is 9.86. The molecule has 2 fully saturated rings. The molecule has 3 amide bonds. The predicted molar refractivity (Wildman–Crippen MR) is 165 cm³/mol. The Hall–Kier alpha value is -5.18. The van der Waals surface area contributed by atoms with Gasteiger partial charge in [0.05, 0.1) is 12.6 Å². The number of carbonyl (C=O) groups excluding carboxylic acids is 3. The topological polar surface area (TPSA) is 129 Å². The van der Waals surface area contributed by atoms with Gasteiger partial charge in [-0.15, -0.1) is 0 Å². The van der Waals surface area contributed by atoms with Crippen molar-refractivity contribution in [3.05, 3.63) is 100 Å². The Kier molecular flexibility index (Phi) is 10.7. The van der Waals surface area contributed by atoms with Crippen molar-refractivity contribution in [2.45, 2.75) is 50.7 Å². The van der Waals surface area contributed by atoms with E-state index in [0.717, 1.165) is 12.0 Å². The molecule has 0 aromatic heterocycles. The Labute approximate surface area is 277 Å². The van der Waals surface area contributed by atoms with Gasteiger partial charge in [0, 0.05) is 41.4 Å². The summed E-state index contributed by atoms with van der Waals surface area (Å²) < 4.78 is 77.6. The Morgan fingerprint density at radius 1 is 0.939 bits per heavy atom. The largest absolute Gasteiger partial charge is 0.480 e. The number of imide groups is 1. The van der Waals surface area contributed by atoms with Crippen LogP contribution in [-0.4, -0.2) is 76.3 Å². The van der Waals surface area contributed by atoms with Crippen LogP contribution in [0.4, 0.5) is 32.4 Å². The number of nitrogens with one attached hydrogen (secondary N) is 1. The quantitative estimate of drug-likeness (QED) is 0.120. The third-order valence-corrected chi connectivity index (χ3v) is 8.51. The number of rotatable bonds is 11. The minimum Gasteiger partial charge on any atom is -0.480 e. The van der Waals surface area contributed by atoms with Crippen LogP contribution in [0.3, 0.4) is 0 Å². The summed E-state index contributed by atoms with van der Waals surface area (Å²) in [4.78, 5) is 57.9. The lowest BCUT2D eigenvalue weighted by Gasteiger charge is -2.25. The fraction of sp³-hybridized carbons (Fsp3) is 0.324. The number of carboxylic acid groups (broad SMARTS) is 1. The van der Waals surface area contributed by atoms with Crippen molar-refractivity contribution in [1.82, 2.24) is 9.80 Å². The molecule has 3 atom stereocenters. The average molecular weight is 687 g/mol. The minimum absolute atomic E-state index is 0.0993. The highest BCUT2D eigenvalue weighted by atomic mass is 19.2. The molecular weight excluding hydrogens is 655 g/mol. The van der Waals surface area contributed by atoms with Gasteiger partial charge in [0.2, 0.25) is 17.6 Å². The fourth-order valence-electron chi connectivity index (χ4n) is 6.09. The van der Waals surface area contributed by atoms with Crippen LogP contribution in [0.15, 0.2) is 59.6 Å². The second-order valence-corrected chi connectivity index (χ2v) is 11.6. The van der Waals surface area contributed by atoms with Gasteiger partial charge in [-0.25, -0.2) is 36.4 Å². The lowest BCUT2D eigenvalue weighted by Crippen LogP contribution is -2.39. The second-order valence-electron chi connectivity index (χ2n) is 11.6. The van der Waals surface area contributed by atoms with Crippen LogP contribution in [0.25, 0.3) is 0 Å². The van der Waals surface area contributed by atoms with E-state index in [1.54, 1.807) is 12.1 Å². The monoisotopic (exact) mass is 686 g/mol. The molecule has 0 unspecified atom stereocenters. The number of aliphatic carboxylic acids is 1. The summed E-state index contributed by atoms with van der Waals surface area (Å²) in [6.07, 6.45) is -0.947. The number of carboxylic acids is 1. The smallest absolute Gasteiger partial charge is 0.416 e. The van der Waals surface area contributed by atoms with Gasteiger partial charge >= 0.3 is 12.1 Å². The van der Waals surface area contributed by atoms with Gasteiger partial charge in [-0.3, -0.25) is 19.5 Å². The van der Waals surface area contributed by atoms with Crippen LogP contribution in [0, 0.1) is 29.1 Å². The number of hydrogen-bond acceptors (Lipinski definition) is 7. The zero-order valence-electron chi connectivity index (χ0n) is 26.1. The van der Waals surface area contributed by atoms with Gasteiger partial charge < -0.3 is 15.2 Å². The maximum atomic E-state index is 15.1. The number of para-hydroxylation sites is 1. The average Bonchev–Trinajstić information content (AvgIpc) is 3.74. The molecule has 2 aliphatic heterocycles. The van der Waals surface area contributed by atoms with Crippen LogP contribution in [-0.2, 0) is 25.7 Å². The summed E-state index contributed by atoms with van der Waals surface area (Å²) in [5.74, 6) is -17.5. The van der Waals surface area contributed by atoms with Gasteiger partial charge in [0.25, 0.3) is 0 Å². The van der Waals surface area contributed by atoms with Crippen LogP contribution >= 0.6 is 0 Å². The van der Waals surface area contributed by atoms with Crippen LogP contribution in [0.1, 0.15) is 48.8 Å². The van der Waals surface area contributed by atoms with Crippen LogP contribution in [0.2, 0.25) is 0 Å². The van der Waals surface area contributed by atoms with E-state index >= 15 is 8.78 Å². The molecule has 258 valence electrons. The molecule has 2 aliphatic rings. The number of carbonyl (C=O) groups is 4. The normalized spacial score (nSPS) is 17.9. The Morgan fingerprint density at radius 3 is 2.20 bits per heavy atom. The standard InChI is InChI=1S/C34H31F5N4O6/c1-18(20-10-5-6-11-22(20)41-32(45)23-12-7-13-42(23)17-19-8-3-2-4-9-19)40-31(33(46)47)21(16-24(44)43-14-15-49-34(43)48)25-26(35)28(37)30(39)29(38)27(25)36/h2-6,8-11,21,23,31H,7,12-17H2,1H3,(H,41,45)(H,46,47)/t21-,23-,31+/m0/s1. The first-order valence-corrected chi connectivity index (χ1v) is 15.3. The number of nitrogens with zero attached hydrogens (tertiary/aromatic N) is 3. The molecule has 0 radical (unpaired) electrons. The molecule has 2 N–H and O–H groups in total. The summed E-state index contributed by atoms with van der Waals surface area (Å²) in [5, 5.41) is 13.1. The molecule has 0 bridgehead atoms. The summed E-state index contributed by atoms with van der Waals surface area (Å²) >= 11 is 0. The molecule has 0 spiro atoms. The zero-order chi connectivity index (χ0) is 35.4. The Balaban J connectivity index is 1.49. The molecular formula is C34H31F5N4O6. The molecule has 0 saturated carbocycles. The van der Waals surface area contributed by atoms with Gasteiger partial charge in [-0.05, 0) is 37.9 Å². The molecule has 5 rings (SSSR count). The highest BCUT2D eigenvalue weighted by Crippen LogP contribution is 2.36. The highest BCUT2D eigenvalue weighted by Gasteiger charge is 2.41. The first kappa shape index (κ1) is 35.1. The number of anilines is 1. The third-order valence-electron chi connectivity index (χ3n) is 8.51. The van der Waals surface area contributed by atoms with E-state index in [9.17, 15) is 37.5 Å². The van der Waals surface area contributed by atoms with E-state index in [1.165, 1.54) is 19.1 Å². The molecule has 0 aliphatic carbocycles. The van der Waals surface area contributed by atoms with Crippen molar-refractivity contribution in [1.29, 1.82) is 0 Å².